The van der Waals surface area contributed by atoms with E-state index in [1.165, 1.54) is 32.4 Å². The summed E-state index contributed by atoms with van der Waals surface area (Å²) < 4.78 is 0. The Balaban J connectivity index is 2.38. The monoisotopic (exact) mass is 198 g/mol. The van der Waals surface area contributed by atoms with Gasteiger partial charge in [-0.05, 0) is 38.8 Å². The van der Waals surface area contributed by atoms with Crippen LogP contribution in [0.3, 0.4) is 0 Å². The molecule has 84 valence electrons. The fourth-order valence-electron chi connectivity index (χ4n) is 2.56. The maximum absolute atomic E-state index is 3.40. The second kappa shape index (κ2) is 5.72. The van der Waals surface area contributed by atoms with Gasteiger partial charge in [0, 0.05) is 18.6 Å². The fourth-order valence-corrected chi connectivity index (χ4v) is 2.56. The molecule has 0 bridgehead atoms. The Kier molecular flexibility index (Phi) is 4.90. The minimum atomic E-state index is 0.765. The van der Waals surface area contributed by atoms with Crippen LogP contribution in [0.1, 0.15) is 40.0 Å². The molecule has 1 aliphatic rings. The van der Waals surface area contributed by atoms with Gasteiger partial charge in [-0.2, -0.15) is 0 Å². The molecule has 0 aliphatic heterocycles. The molecule has 2 atom stereocenters. The van der Waals surface area contributed by atoms with E-state index in [4.69, 9.17) is 0 Å². The number of nitrogens with one attached hydrogen (secondary N) is 1. The van der Waals surface area contributed by atoms with Gasteiger partial charge in [-0.15, -0.1) is 0 Å². The van der Waals surface area contributed by atoms with Crippen LogP contribution in [0.4, 0.5) is 0 Å². The molecule has 1 rings (SSSR count). The smallest absolute Gasteiger partial charge is 0.0111 e. The Morgan fingerprint density at radius 2 is 2.07 bits per heavy atom. The SMILES string of the molecule is CCN(CC(C)C)C1CCC(NC)C1. The normalized spacial score (nSPS) is 27.9. The van der Waals surface area contributed by atoms with E-state index in [1.807, 2.05) is 0 Å². The quantitative estimate of drug-likeness (QED) is 0.728. The highest BCUT2D eigenvalue weighted by atomic mass is 15.2. The first-order valence-electron chi connectivity index (χ1n) is 6.08. The average Bonchev–Trinajstić information content (AvgIpc) is 2.62. The Hall–Kier alpha value is -0.0800. The van der Waals surface area contributed by atoms with E-state index < -0.39 is 0 Å². The maximum atomic E-state index is 3.40. The molecule has 1 fully saturated rings. The summed E-state index contributed by atoms with van der Waals surface area (Å²) >= 11 is 0. The van der Waals surface area contributed by atoms with Crippen LogP contribution in [0.2, 0.25) is 0 Å². The van der Waals surface area contributed by atoms with Crippen LogP contribution in [0.25, 0.3) is 0 Å². The summed E-state index contributed by atoms with van der Waals surface area (Å²) in [7, 11) is 2.09. The Labute approximate surface area is 89.1 Å². The molecule has 14 heavy (non-hydrogen) atoms. The van der Waals surface area contributed by atoms with Crippen molar-refractivity contribution in [1.82, 2.24) is 10.2 Å². The number of hydrogen-bond donors (Lipinski definition) is 1. The zero-order valence-corrected chi connectivity index (χ0v) is 10.2. The number of nitrogens with zero attached hydrogens (tertiary/aromatic N) is 1. The second-order valence-corrected chi connectivity index (χ2v) is 4.93. The van der Waals surface area contributed by atoms with Crippen LogP contribution >= 0.6 is 0 Å². The molecule has 0 aromatic rings. The molecule has 0 amide bonds. The van der Waals surface area contributed by atoms with E-state index in [-0.39, 0.29) is 0 Å². The summed E-state index contributed by atoms with van der Waals surface area (Å²) in [5.74, 6) is 0.795. The van der Waals surface area contributed by atoms with Crippen LogP contribution in [0.15, 0.2) is 0 Å². The van der Waals surface area contributed by atoms with Crippen molar-refractivity contribution in [3.63, 3.8) is 0 Å². The first-order chi connectivity index (χ1) is 6.67. The third-order valence-electron chi connectivity index (χ3n) is 3.34. The second-order valence-electron chi connectivity index (χ2n) is 4.93. The molecule has 0 radical (unpaired) electrons. The van der Waals surface area contributed by atoms with Gasteiger partial charge in [-0.25, -0.2) is 0 Å². The highest BCUT2D eigenvalue weighted by Gasteiger charge is 2.27. The lowest BCUT2D eigenvalue weighted by molar-refractivity contribution is 0.184. The first kappa shape index (κ1) is 12.0. The highest BCUT2D eigenvalue weighted by molar-refractivity contribution is 4.85. The Morgan fingerprint density at radius 3 is 2.50 bits per heavy atom. The highest BCUT2D eigenvalue weighted by Crippen LogP contribution is 2.24. The third kappa shape index (κ3) is 3.25. The van der Waals surface area contributed by atoms with Crippen molar-refractivity contribution in [3.8, 4) is 0 Å². The predicted octanol–water partition coefficient (Wildman–Crippen LogP) is 2.10. The molecule has 0 saturated heterocycles. The van der Waals surface area contributed by atoms with Crippen LogP contribution in [-0.4, -0.2) is 37.1 Å². The van der Waals surface area contributed by atoms with E-state index in [1.54, 1.807) is 0 Å². The summed E-state index contributed by atoms with van der Waals surface area (Å²) in [5.41, 5.74) is 0. The lowest BCUT2D eigenvalue weighted by Crippen LogP contribution is -2.37. The van der Waals surface area contributed by atoms with E-state index >= 15 is 0 Å². The summed E-state index contributed by atoms with van der Waals surface area (Å²) in [4.78, 5) is 2.65. The topological polar surface area (TPSA) is 15.3 Å². The van der Waals surface area contributed by atoms with Gasteiger partial charge in [0.25, 0.3) is 0 Å². The van der Waals surface area contributed by atoms with Gasteiger partial charge < -0.3 is 10.2 Å². The van der Waals surface area contributed by atoms with Crippen molar-refractivity contribution in [3.05, 3.63) is 0 Å². The molecule has 1 aliphatic carbocycles. The van der Waals surface area contributed by atoms with E-state index in [9.17, 15) is 0 Å². The summed E-state index contributed by atoms with van der Waals surface area (Å²) in [6.07, 6.45) is 4.08. The molecule has 0 aromatic carbocycles. The van der Waals surface area contributed by atoms with Gasteiger partial charge in [-0.3, -0.25) is 0 Å². The third-order valence-corrected chi connectivity index (χ3v) is 3.34. The largest absolute Gasteiger partial charge is 0.317 e. The van der Waals surface area contributed by atoms with Gasteiger partial charge in [0.05, 0.1) is 0 Å². The van der Waals surface area contributed by atoms with E-state index in [2.05, 4.69) is 38.0 Å². The van der Waals surface area contributed by atoms with Crippen LogP contribution in [-0.2, 0) is 0 Å². The molecule has 2 nitrogen and oxygen atoms in total. The maximum Gasteiger partial charge on any atom is 0.0111 e. The van der Waals surface area contributed by atoms with Crippen LogP contribution in [0.5, 0.6) is 0 Å². The number of hydrogen-bond acceptors (Lipinski definition) is 2. The average molecular weight is 198 g/mol. The fraction of sp³-hybridized carbons (Fsp3) is 1.00. The van der Waals surface area contributed by atoms with E-state index in [0.29, 0.717) is 0 Å². The Morgan fingerprint density at radius 1 is 1.36 bits per heavy atom. The van der Waals surface area contributed by atoms with Gasteiger partial charge in [0.15, 0.2) is 0 Å². The van der Waals surface area contributed by atoms with Crippen molar-refractivity contribution < 1.29 is 0 Å². The minimum absolute atomic E-state index is 0.765. The predicted molar refractivity (Wildman–Crippen MR) is 62.6 cm³/mol. The summed E-state index contributed by atoms with van der Waals surface area (Å²) in [6.45, 7) is 9.38. The Bertz CT molecular complexity index is 156. The standard InChI is InChI=1S/C12H26N2/c1-5-14(9-10(2)3)12-7-6-11(8-12)13-4/h10-13H,5-9H2,1-4H3. The minimum Gasteiger partial charge on any atom is -0.317 e. The lowest BCUT2D eigenvalue weighted by Gasteiger charge is -2.29. The molecule has 0 heterocycles. The zero-order valence-electron chi connectivity index (χ0n) is 10.2. The van der Waals surface area contributed by atoms with Crippen molar-refractivity contribution in [2.24, 2.45) is 5.92 Å². The zero-order chi connectivity index (χ0) is 10.6. The van der Waals surface area contributed by atoms with Crippen molar-refractivity contribution >= 4 is 0 Å². The molecule has 1 N–H and O–H groups in total. The molecule has 0 spiro atoms. The van der Waals surface area contributed by atoms with Crippen LogP contribution < -0.4 is 5.32 Å². The van der Waals surface area contributed by atoms with E-state index in [0.717, 1.165) is 18.0 Å². The van der Waals surface area contributed by atoms with Crippen molar-refractivity contribution in [1.29, 1.82) is 0 Å². The van der Waals surface area contributed by atoms with Crippen LogP contribution in [0, 0.1) is 5.92 Å². The summed E-state index contributed by atoms with van der Waals surface area (Å²) in [6, 6.07) is 1.60. The first-order valence-corrected chi connectivity index (χ1v) is 6.08. The molecular formula is C12H26N2. The van der Waals surface area contributed by atoms with Gasteiger partial charge in [0.1, 0.15) is 0 Å². The molecule has 2 heteroatoms. The molecular weight excluding hydrogens is 172 g/mol. The van der Waals surface area contributed by atoms with Gasteiger partial charge >= 0.3 is 0 Å². The lowest BCUT2D eigenvalue weighted by atomic mass is 10.1. The van der Waals surface area contributed by atoms with Crippen molar-refractivity contribution in [2.75, 3.05) is 20.1 Å². The number of rotatable bonds is 5. The van der Waals surface area contributed by atoms with Gasteiger partial charge in [-0.1, -0.05) is 20.8 Å². The molecule has 0 aromatic heterocycles. The molecule has 1 saturated carbocycles. The summed E-state index contributed by atoms with van der Waals surface area (Å²) in [5, 5.41) is 3.40. The van der Waals surface area contributed by atoms with Crippen molar-refractivity contribution in [2.45, 2.75) is 52.1 Å². The molecule has 2 unspecified atom stereocenters. The van der Waals surface area contributed by atoms with Gasteiger partial charge in [0.2, 0.25) is 0 Å².